The molecule has 0 saturated carbocycles. The number of unbranched alkanes of at least 4 members (excludes halogenated alkanes) is 51. The summed E-state index contributed by atoms with van der Waals surface area (Å²) < 4.78 is 23.4. The third-order valence-electron chi connectivity index (χ3n) is 16.8. The Labute approximate surface area is 512 Å². The van der Waals surface area contributed by atoms with Gasteiger partial charge in [-0.3, -0.25) is 9.36 Å². The normalized spacial score (nSPS) is 13.8. The highest BCUT2D eigenvalue weighted by Crippen LogP contribution is 2.38. The predicted molar refractivity (Wildman–Crippen MR) is 358 cm³/mol. The molecule has 0 aliphatic carbocycles. The summed E-state index contributed by atoms with van der Waals surface area (Å²) in [6.45, 7) is 4.69. The zero-order valence-corrected chi connectivity index (χ0v) is 56.6. The van der Waals surface area contributed by atoms with E-state index >= 15 is 0 Å². The Morgan fingerprint density at radius 2 is 0.683 bits per heavy atom. The van der Waals surface area contributed by atoms with E-state index in [1.807, 2.05) is 27.2 Å². The Kier molecular flexibility index (Phi) is 63.2. The van der Waals surface area contributed by atoms with Crippen molar-refractivity contribution in [2.45, 2.75) is 386 Å². The van der Waals surface area contributed by atoms with Crippen molar-refractivity contribution in [2.75, 3.05) is 40.9 Å². The van der Waals surface area contributed by atoms with Gasteiger partial charge < -0.3 is 28.8 Å². The van der Waals surface area contributed by atoms with Gasteiger partial charge in [0.2, 0.25) is 5.91 Å². The van der Waals surface area contributed by atoms with Crippen LogP contribution in [0.2, 0.25) is 0 Å². The van der Waals surface area contributed by atoms with Crippen LogP contribution < -0.4 is 10.2 Å². The molecule has 9 heteroatoms. The van der Waals surface area contributed by atoms with Crippen LogP contribution in [0, 0.1) is 0 Å². The molecule has 1 amide bonds. The van der Waals surface area contributed by atoms with Gasteiger partial charge in [0, 0.05) is 6.42 Å². The number of carbonyl (C=O) groups excluding carboxylic acids is 1. The van der Waals surface area contributed by atoms with Gasteiger partial charge in [0.1, 0.15) is 13.2 Å². The summed E-state index contributed by atoms with van der Waals surface area (Å²) in [6, 6.07) is -0.910. The largest absolute Gasteiger partial charge is 0.756 e. The molecule has 2 N–H and O–H groups in total. The highest BCUT2D eigenvalue weighted by Gasteiger charge is 2.23. The maximum Gasteiger partial charge on any atom is 0.268 e. The first-order chi connectivity index (χ1) is 40.0. The van der Waals surface area contributed by atoms with Crippen LogP contribution in [0.5, 0.6) is 0 Å². The molecule has 0 aromatic rings. The van der Waals surface area contributed by atoms with E-state index in [1.54, 1.807) is 6.08 Å². The summed E-state index contributed by atoms with van der Waals surface area (Å²) in [5.41, 5.74) is 0. The van der Waals surface area contributed by atoms with Gasteiger partial charge in [0.15, 0.2) is 0 Å². The van der Waals surface area contributed by atoms with Gasteiger partial charge in [-0.1, -0.05) is 359 Å². The van der Waals surface area contributed by atoms with Crippen molar-refractivity contribution in [3.05, 3.63) is 36.5 Å². The van der Waals surface area contributed by atoms with Crippen molar-refractivity contribution >= 4 is 13.7 Å². The molecule has 0 aromatic carbocycles. The monoisotopic (exact) mass is 1180 g/mol. The molecule has 3 unspecified atom stereocenters. The first-order valence-electron chi connectivity index (χ1n) is 36.4. The number of aliphatic hydroxyl groups excluding tert-OH is 1. The summed E-state index contributed by atoms with van der Waals surface area (Å²) in [6.07, 6.45) is 85.8. The van der Waals surface area contributed by atoms with E-state index in [1.165, 1.54) is 308 Å². The number of amides is 1. The lowest BCUT2D eigenvalue weighted by Gasteiger charge is -2.29. The zero-order valence-electron chi connectivity index (χ0n) is 55.7. The van der Waals surface area contributed by atoms with Gasteiger partial charge in [-0.2, -0.15) is 0 Å². The van der Waals surface area contributed by atoms with Crippen LogP contribution >= 0.6 is 7.82 Å². The lowest BCUT2D eigenvalue weighted by atomic mass is 10.0. The molecule has 0 saturated heterocycles. The van der Waals surface area contributed by atoms with E-state index in [0.29, 0.717) is 17.4 Å². The molecule has 0 radical (unpaired) electrons. The summed E-state index contributed by atoms with van der Waals surface area (Å²) in [4.78, 5) is 25.6. The number of aliphatic hydroxyl groups is 1. The lowest BCUT2D eigenvalue weighted by Crippen LogP contribution is -2.45. The second-order valence-electron chi connectivity index (χ2n) is 26.3. The van der Waals surface area contributed by atoms with Gasteiger partial charge in [0.25, 0.3) is 7.82 Å². The zero-order chi connectivity index (χ0) is 59.8. The number of hydrogen-bond donors (Lipinski definition) is 2. The Morgan fingerprint density at radius 1 is 0.415 bits per heavy atom. The van der Waals surface area contributed by atoms with E-state index in [-0.39, 0.29) is 12.5 Å². The molecule has 0 fully saturated rings. The highest BCUT2D eigenvalue weighted by atomic mass is 31.2. The number of carbonyl (C=O) groups is 1. The average molecular weight is 1180 g/mol. The molecule has 0 aliphatic rings. The van der Waals surface area contributed by atoms with Crippen molar-refractivity contribution in [1.82, 2.24) is 5.32 Å². The van der Waals surface area contributed by atoms with Crippen LogP contribution in [-0.2, 0) is 18.4 Å². The topological polar surface area (TPSA) is 108 Å². The number of phosphoric ester groups is 1. The van der Waals surface area contributed by atoms with Crippen LogP contribution in [0.15, 0.2) is 36.5 Å². The maximum absolute atomic E-state index is 13.0. The summed E-state index contributed by atoms with van der Waals surface area (Å²) in [7, 11) is 1.25. The number of phosphoric acid groups is 1. The number of nitrogens with zero attached hydrogens (tertiary/aromatic N) is 1. The van der Waals surface area contributed by atoms with E-state index in [0.717, 1.165) is 44.9 Å². The van der Waals surface area contributed by atoms with E-state index in [2.05, 4.69) is 43.5 Å². The molecule has 0 bridgehead atoms. The molecule has 0 rings (SSSR count). The minimum absolute atomic E-state index is 0.00703. The van der Waals surface area contributed by atoms with Crippen LogP contribution in [0.4, 0.5) is 0 Å². The Hall–Kier alpha value is -1.28. The smallest absolute Gasteiger partial charge is 0.268 e. The molecule has 486 valence electrons. The fraction of sp³-hybridized carbons (Fsp3) is 0.904. The summed E-state index contributed by atoms with van der Waals surface area (Å²) in [5.74, 6) is -0.203. The Balaban J connectivity index is 4.07. The molecule has 3 atom stereocenters. The van der Waals surface area contributed by atoms with Crippen molar-refractivity contribution in [3.63, 3.8) is 0 Å². The van der Waals surface area contributed by atoms with Gasteiger partial charge >= 0.3 is 0 Å². The number of rotatable bonds is 68. The van der Waals surface area contributed by atoms with Gasteiger partial charge in [0.05, 0.1) is 39.9 Å². The first-order valence-corrected chi connectivity index (χ1v) is 37.8. The van der Waals surface area contributed by atoms with Crippen LogP contribution in [-0.4, -0.2) is 68.5 Å². The maximum atomic E-state index is 13.0. The highest BCUT2D eigenvalue weighted by molar-refractivity contribution is 7.45. The van der Waals surface area contributed by atoms with Crippen molar-refractivity contribution in [3.8, 4) is 0 Å². The van der Waals surface area contributed by atoms with Crippen LogP contribution in [0.25, 0.3) is 0 Å². The Morgan fingerprint density at radius 3 is 0.988 bits per heavy atom. The van der Waals surface area contributed by atoms with E-state index in [4.69, 9.17) is 9.05 Å². The van der Waals surface area contributed by atoms with Gasteiger partial charge in [-0.25, -0.2) is 0 Å². The molecular formula is C73H143N2O6P. The van der Waals surface area contributed by atoms with Crippen molar-refractivity contribution < 1.29 is 32.9 Å². The predicted octanol–water partition coefficient (Wildman–Crippen LogP) is 22.6. The molecule has 0 heterocycles. The minimum Gasteiger partial charge on any atom is -0.756 e. The molecule has 0 spiro atoms. The molecular weight excluding hydrogens is 1030 g/mol. The second kappa shape index (κ2) is 64.2. The quantitative estimate of drug-likeness (QED) is 0.0272. The Bertz CT molecular complexity index is 1430. The fourth-order valence-corrected chi connectivity index (χ4v) is 11.9. The average Bonchev–Trinajstić information content (AvgIpc) is 3.47. The second-order valence-corrected chi connectivity index (χ2v) is 27.7. The summed E-state index contributed by atoms with van der Waals surface area (Å²) in [5, 5.41) is 13.9. The van der Waals surface area contributed by atoms with Crippen molar-refractivity contribution in [2.24, 2.45) is 0 Å². The lowest BCUT2D eigenvalue weighted by molar-refractivity contribution is -0.870. The first kappa shape index (κ1) is 80.7. The third-order valence-corrected chi connectivity index (χ3v) is 17.8. The van der Waals surface area contributed by atoms with Crippen molar-refractivity contribution in [1.29, 1.82) is 0 Å². The van der Waals surface area contributed by atoms with E-state index in [9.17, 15) is 19.4 Å². The molecule has 0 aliphatic heterocycles. The molecule has 82 heavy (non-hydrogen) atoms. The van der Waals surface area contributed by atoms with Gasteiger partial charge in [-0.05, 0) is 44.9 Å². The molecule has 0 aromatic heterocycles. The number of quaternary nitrogens is 1. The van der Waals surface area contributed by atoms with Crippen LogP contribution in [0.1, 0.15) is 373 Å². The van der Waals surface area contributed by atoms with E-state index < -0.39 is 26.6 Å². The third kappa shape index (κ3) is 66.2. The SMILES string of the molecule is CCCCCCCCCCCCCCCCCCCCC/C=C/CC/C=C/CC/C=C/C(O)C(COP(=O)([O-])OCC[N+](C)(C)C)NC(=O)CCCCCCCCCCCCCCCCCCCCCCCCCCCCCCCCC. The number of nitrogens with one attached hydrogen (secondary N) is 1. The fourth-order valence-electron chi connectivity index (χ4n) is 11.2. The summed E-state index contributed by atoms with van der Waals surface area (Å²) >= 11 is 0. The van der Waals surface area contributed by atoms with Crippen LogP contribution in [0.3, 0.4) is 0 Å². The number of likely N-dealkylation sites (N-methyl/N-ethyl adjacent to an activating group) is 1. The van der Waals surface area contributed by atoms with Gasteiger partial charge in [-0.15, -0.1) is 0 Å². The minimum atomic E-state index is -4.62. The molecule has 8 nitrogen and oxygen atoms in total. The number of allylic oxidation sites excluding steroid dienone is 5. The standard InChI is InChI=1S/C73H143N2O6P/c1-6-8-10-12-14-16-18-20-22-24-26-28-30-32-34-36-37-39-41-43-45-47-49-51-53-55-57-59-61-63-65-67-73(77)74-71(70-81-82(78,79)80-69-68-75(3,4)5)72(76)66-64-62-60-58-56-54-52-50-48-46-44-42-40-38-35-33-31-29-27-25-23-21-19-17-15-13-11-9-7-2/h48,50,56,58,64,66,71-72,76H,6-47,49,51-55,57,59-63,65,67-70H2,1-5H3,(H-,74,77,78,79)/b50-48+,58-56+,66-64+. The number of hydrogen-bond acceptors (Lipinski definition) is 6.